The van der Waals surface area contributed by atoms with Crippen LogP contribution in [-0.4, -0.2) is 67.7 Å². The van der Waals surface area contributed by atoms with E-state index in [-0.39, 0.29) is 18.8 Å². The molecular formula is C24H33N3O3. The molecule has 3 heterocycles. The van der Waals surface area contributed by atoms with Gasteiger partial charge in [0.1, 0.15) is 6.61 Å². The van der Waals surface area contributed by atoms with Gasteiger partial charge >= 0.3 is 6.09 Å². The minimum absolute atomic E-state index is 0. The third kappa shape index (κ3) is 4.04. The maximum atomic E-state index is 12.2. The van der Waals surface area contributed by atoms with Gasteiger partial charge in [-0.25, -0.2) is 4.79 Å². The van der Waals surface area contributed by atoms with Crippen molar-refractivity contribution in [3.05, 3.63) is 29.8 Å². The molecule has 6 heteroatoms. The van der Waals surface area contributed by atoms with E-state index in [4.69, 9.17) is 11.2 Å². The largest absolute Gasteiger partial charge is 0.448 e. The number of hydrogen-bond acceptors (Lipinski definition) is 4. The Hall–Kier alpha value is -2.52. The first kappa shape index (κ1) is 20.7. The summed E-state index contributed by atoms with van der Waals surface area (Å²) in [6.07, 6.45) is 8.59. The molecule has 0 N–H and O–H groups in total. The molecule has 2 amide bonds. The van der Waals surface area contributed by atoms with Crippen LogP contribution in [0.25, 0.3) is 0 Å². The second-order valence-corrected chi connectivity index (χ2v) is 8.87. The minimum Gasteiger partial charge on any atom is -0.448 e. The Morgan fingerprint density at radius 1 is 1.27 bits per heavy atom. The van der Waals surface area contributed by atoms with Crippen LogP contribution in [0.1, 0.15) is 39.6 Å². The molecule has 1 spiro atoms. The molecule has 0 bridgehead atoms. The van der Waals surface area contributed by atoms with Crippen molar-refractivity contribution in [2.24, 2.45) is 5.92 Å². The lowest BCUT2D eigenvalue weighted by atomic mass is 9.74. The summed E-state index contributed by atoms with van der Waals surface area (Å²) in [5.74, 6) is 3.10. The number of benzene rings is 1. The number of nitrogens with zero attached hydrogens (tertiary/aromatic N) is 3. The van der Waals surface area contributed by atoms with E-state index in [1.54, 1.807) is 6.92 Å². The fourth-order valence-electron chi connectivity index (χ4n) is 5.30. The first-order valence-corrected chi connectivity index (χ1v) is 11.0. The topological polar surface area (TPSA) is 53.1 Å². The standard InChI is InChI=1S/C24H31N3O3.H2/c1-3-4-15-30-23(29)26-12-9-20(17-26)16-25-13-10-24(11-14-25)18-27(19(2)28)22-8-6-5-7-21(22)24;/h1,5-8,20H,4,9-18H2,2H3;1H/t20-;/m0./s1. The van der Waals surface area contributed by atoms with Crippen LogP contribution in [0.15, 0.2) is 24.3 Å². The van der Waals surface area contributed by atoms with Crippen LogP contribution in [0.3, 0.4) is 0 Å². The smallest absolute Gasteiger partial charge is 0.409 e. The number of para-hydroxylation sites is 1. The van der Waals surface area contributed by atoms with E-state index >= 15 is 0 Å². The Kier molecular flexibility index (Phi) is 6.01. The quantitative estimate of drug-likeness (QED) is 0.564. The molecule has 3 aliphatic heterocycles. The SMILES string of the molecule is C#CCCOC(=O)N1CC[C@@H](CN2CCC3(CC2)CN(C(C)=O)c2ccccc23)C1.[HH]. The predicted molar refractivity (Wildman–Crippen MR) is 118 cm³/mol. The lowest BCUT2D eigenvalue weighted by molar-refractivity contribution is -0.116. The predicted octanol–water partition coefficient (Wildman–Crippen LogP) is 3.11. The number of rotatable bonds is 4. The van der Waals surface area contributed by atoms with Crippen molar-refractivity contribution in [2.75, 3.05) is 50.8 Å². The fourth-order valence-corrected chi connectivity index (χ4v) is 5.30. The van der Waals surface area contributed by atoms with Crippen LogP contribution in [0.5, 0.6) is 0 Å². The van der Waals surface area contributed by atoms with Gasteiger partial charge in [-0.3, -0.25) is 4.79 Å². The third-order valence-corrected chi connectivity index (χ3v) is 6.95. The second kappa shape index (κ2) is 8.69. The highest BCUT2D eigenvalue weighted by Gasteiger charge is 2.45. The van der Waals surface area contributed by atoms with E-state index in [0.717, 1.165) is 64.2 Å². The number of hydrogen-bond donors (Lipinski definition) is 0. The van der Waals surface area contributed by atoms with Crippen molar-refractivity contribution in [3.63, 3.8) is 0 Å². The highest BCUT2D eigenvalue weighted by Crippen LogP contribution is 2.47. The zero-order chi connectivity index (χ0) is 21.1. The van der Waals surface area contributed by atoms with Gasteiger partial charge in [0.2, 0.25) is 5.91 Å². The summed E-state index contributed by atoms with van der Waals surface area (Å²) in [5.41, 5.74) is 2.51. The van der Waals surface area contributed by atoms with Crippen molar-refractivity contribution in [1.29, 1.82) is 0 Å². The molecular weight excluding hydrogens is 378 g/mol. The van der Waals surface area contributed by atoms with E-state index in [0.29, 0.717) is 18.9 Å². The highest BCUT2D eigenvalue weighted by atomic mass is 16.6. The van der Waals surface area contributed by atoms with Gasteiger partial charge in [-0.1, -0.05) is 18.2 Å². The van der Waals surface area contributed by atoms with Crippen LogP contribution in [0.4, 0.5) is 10.5 Å². The Labute approximate surface area is 180 Å². The summed E-state index contributed by atoms with van der Waals surface area (Å²) < 4.78 is 5.23. The summed E-state index contributed by atoms with van der Waals surface area (Å²) >= 11 is 0. The van der Waals surface area contributed by atoms with Gasteiger partial charge in [0, 0.05) is 52.1 Å². The van der Waals surface area contributed by atoms with Gasteiger partial charge in [-0.05, 0) is 49.9 Å². The lowest BCUT2D eigenvalue weighted by Gasteiger charge is -2.40. The van der Waals surface area contributed by atoms with Gasteiger partial charge in [-0.2, -0.15) is 0 Å². The van der Waals surface area contributed by atoms with Crippen LogP contribution in [-0.2, 0) is 14.9 Å². The van der Waals surface area contributed by atoms with Gasteiger partial charge in [0.25, 0.3) is 0 Å². The monoisotopic (exact) mass is 411 g/mol. The van der Waals surface area contributed by atoms with E-state index in [9.17, 15) is 9.59 Å². The van der Waals surface area contributed by atoms with Crippen LogP contribution in [0, 0.1) is 18.3 Å². The first-order chi connectivity index (χ1) is 14.5. The maximum Gasteiger partial charge on any atom is 0.409 e. The Morgan fingerprint density at radius 3 is 2.77 bits per heavy atom. The zero-order valence-electron chi connectivity index (χ0n) is 17.8. The zero-order valence-corrected chi connectivity index (χ0v) is 17.8. The number of likely N-dealkylation sites (tertiary alicyclic amines) is 2. The molecule has 0 aromatic heterocycles. The first-order valence-electron chi connectivity index (χ1n) is 11.0. The fraction of sp³-hybridized carbons (Fsp3) is 0.583. The number of fused-ring (bicyclic) bond motifs is 2. The van der Waals surface area contributed by atoms with E-state index in [1.807, 2.05) is 15.9 Å². The van der Waals surface area contributed by atoms with E-state index in [1.165, 1.54) is 5.56 Å². The molecule has 2 saturated heterocycles. The van der Waals surface area contributed by atoms with Gasteiger partial charge in [0.15, 0.2) is 0 Å². The van der Waals surface area contributed by atoms with Crippen LogP contribution >= 0.6 is 0 Å². The average Bonchev–Trinajstić information content (AvgIpc) is 3.34. The molecule has 6 nitrogen and oxygen atoms in total. The molecule has 30 heavy (non-hydrogen) atoms. The number of amides is 2. The number of carbonyl (C=O) groups excluding carboxylic acids is 2. The average molecular weight is 412 g/mol. The van der Waals surface area contributed by atoms with Gasteiger partial charge in [-0.15, -0.1) is 12.3 Å². The number of anilines is 1. The number of ether oxygens (including phenoxy) is 1. The summed E-state index contributed by atoms with van der Waals surface area (Å²) in [7, 11) is 0. The van der Waals surface area contributed by atoms with Crippen molar-refractivity contribution < 1.29 is 15.8 Å². The van der Waals surface area contributed by atoms with Crippen molar-refractivity contribution >= 4 is 17.7 Å². The molecule has 1 aromatic rings. The summed E-state index contributed by atoms with van der Waals surface area (Å²) in [6, 6.07) is 8.39. The Balaban J connectivity index is 0.00000272. The maximum absolute atomic E-state index is 12.2. The lowest BCUT2D eigenvalue weighted by Crippen LogP contribution is -2.47. The highest BCUT2D eigenvalue weighted by molar-refractivity contribution is 5.94. The molecule has 0 saturated carbocycles. The molecule has 2 fully saturated rings. The molecule has 0 unspecified atom stereocenters. The molecule has 0 aliphatic carbocycles. The summed E-state index contributed by atoms with van der Waals surface area (Å²) in [4.78, 5) is 30.6. The normalized spacial score (nSPS) is 22.7. The van der Waals surface area contributed by atoms with E-state index < -0.39 is 0 Å². The molecule has 162 valence electrons. The Bertz CT molecular complexity index is 845. The molecule has 1 atom stereocenters. The summed E-state index contributed by atoms with van der Waals surface area (Å²) in [6.45, 7) is 7.36. The number of carbonyl (C=O) groups is 2. The minimum atomic E-state index is -0.239. The van der Waals surface area contributed by atoms with Crippen molar-refractivity contribution in [1.82, 2.24) is 9.80 Å². The van der Waals surface area contributed by atoms with E-state index in [2.05, 4.69) is 29.0 Å². The Morgan fingerprint density at radius 2 is 2.03 bits per heavy atom. The van der Waals surface area contributed by atoms with Crippen LogP contribution in [0.2, 0.25) is 0 Å². The molecule has 1 aromatic carbocycles. The van der Waals surface area contributed by atoms with Crippen molar-refractivity contribution in [2.45, 2.75) is 38.0 Å². The molecule has 4 rings (SSSR count). The van der Waals surface area contributed by atoms with Gasteiger partial charge < -0.3 is 19.4 Å². The van der Waals surface area contributed by atoms with Crippen molar-refractivity contribution in [3.8, 4) is 12.3 Å². The second-order valence-electron chi connectivity index (χ2n) is 8.87. The van der Waals surface area contributed by atoms with Crippen LogP contribution < -0.4 is 4.90 Å². The van der Waals surface area contributed by atoms with Gasteiger partial charge in [0.05, 0.1) is 0 Å². The third-order valence-electron chi connectivity index (χ3n) is 6.95. The number of terminal acetylenes is 1. The molecule has 3 aliphatic rings. The number of piperidine rings is 1. The molecule has 0 radical (unpaired) electrons. The summed E-state index contributed by atoms with van der Waals surface area (Å²) in [5, 5.41) is 0.